The van der Waals surface area contributed by atoms with Crippen LogP contribution in [0.25, 0.3) is 0 Å². The molecule has 1 atom stereocenters. The normalized spacial score (nSPS) is 12.4. The SMILES string of the molecule is CCCn1ncc(OC)c1C(O)c1ccc(F)cc1. The van der Waals surface area contributed by atoms with Gasteiger partial charge in [-0.15, -0.1) is 0 Å². The number of nitrogens with zero attached hydrogens (tertiary/aromatic N) is 2. The van der Waals surface area contributed by atoms with Gasteiger partial charge in [0.25, 0.3) is 0 Å². The van der Waals surface area contributed by atoms with Crippen molar-refractivity contribution in [3.05, 3.63) is 47.5 Å². The zero-order valence-electron chi connectivity index (χ0n) is 11.0. The quantitative estimate of drug-likeness (QED) is 0.902. The lowest BCUT2D eigenvalue weighted by Gasteiger charge is -2.15. The number of halogens is 1. The second-order valence-corrected chi connectivity index (χ2v) is 4.28. The topological polar surface area (TPSA) is 47.3 Å². The van der Waals surface area contributed by atoms with Crippen molar-refractivity contribution in [1.82, 2.24) is 9.78 Å². The Labute approximate surface area is 111 Å². The van der Waals surface area contributed by atoms with Gasteiger partial charge in [-0.2, -0.15) is 5.10 Å². The summed E-state index contributed by atoms with van der Waals surface area (Å²) in [6.07, 6.45) is 1.59. The van der Waals surface area contributed by atoms with Crippen LogP contribution in [0, 0.1) is 5.82 Å². The second-order valence-electron chi connectivity index (χ2n) is 4.28. The molecule has 19 heavy (non-hydrogen) atoms. The van der Waals surface area contributed by atoms with Crippen molar-refractivity contribution in [2.24, 2.45) is 0 Å². The van der Waals surface area contributed by atoms with Crippen LogP contribution in [-0.2, 0) is 6.54 Å². The van der Waals surface area contributed by atoms with E-state index in [1.54, 1.807) is 23.0 Å². The molecular formula is C14H17FN2O2. The molecule has 2 aromatic rings. The molecule has 0 saturated carbocycles. The van der Waals surface area contributed by atoms with Crippen molar-refractivity contribution in [3.63, 3.8) is 0 Å². The molecule has 102 valence electrons. The van der Waals surface area contributed by atoms with Gasteiger partial charge < -0.3 is 9.84 Å². The minimum Gasteiger partial charge on any atom is -0.493 e. The number of aliphatic hydroxyl groups excluding tert-OH is 1. The highest BCUT2D eigenvalue weighted by molar-refractivity contribution is 5.34. The van der Waals surface area contributed by atoms with E-state index in [1.807, 2.05) is 6.92 Å². The molecule has 1 heterocycles. The van der Waals surface area contributed by atoms with E-state index < -0.39 is 6.10 Å². The standard InChI is InChI=1S/C14H17FN2O2/c1-3-8-17-13(12(19-2)9-16-17)14(18)10-4-6-11(15)7-5-10/h4-7,9,14,18H,3,8H2,1-2H3. The molecule has 0 saturated heterocycles. The number of aliphatic hydroxyl groups is 1. The summed E-state index contributed by atoms with van der Waals surface area (Å²) >= 11 is 0. The molecule has 0 bridgehead atoms. The van der Waals surface area contributed by atoms with Crippen LogP contribution in [0.15, 0.2) is 30.5 Å². The first-order valence-electron chi connectivity index (χ1n) is 6.20. The molecule has 1 aromatic carbocycles. The van der Waals surface area contributed by atoms with Crippen LogP contribution in [0.3, 0.4) is 0 Å². The van der Waals surface area contributed by atoms with E-state index in [9.17, 15) is 9.50 Å². The van der Waals surface area contributed by atoms with E-state index in [4.69, 9.17) is 4.74 Å². The maximum atomic E-state index is 12.9. The summed E-state index contributed by atoms with van der Waals surface area (Å²) in [7, 11) is 1.54. The molecule has 0 aliphatic heterocycles. The average Bonchev–Trinajstić information content (AvgIpc) is 2.82. The summed E-state index contributed by atoms with van der Waals surface area (Å²) in [5.74, 6) is 0.204. The number of rotatable bonds is 5. The molecule has 5 heteroatoms. The smallest absolute Gasteiger partial charge is 0.163 e. The summed E-state index contributed by atoms with van der Waals surface area (Å²) in [6.45, 7) is 2.72. The Kier molecular flexibility index (Phi) is 4.16. The first-order chi connectivity index (χ1) is 9.17. The third-order valence-corrected chi connectivity index (χ3v) is 2.94. The molecule has 0 spiro atoms. The third-order valence-electron chi connectivity index (χ3n) is 2.94. The Balaban J connectivity index is 2.38. The number of aryl methyl sites for hydroxylation is 1. The van der Waals surface area contributed by atoms with Crippen molar-refractivity contribution in [3.8, 4) is 5.75 Å². The van der Waals surface area contributed by atoms with Crippen LogP contribution in [0.2, 0.25) is 0 Å². The lowest BCUT2D eigenvalue weighted by molar-refractivity contribution is 0.202. The van der Waals surface area contributed by atoms with E-state index in [2.05, 4.69) is 5.10 Å². The highest BCUT2D eigenvalue weighted by Crippen LogP contribution is 2.30. The van der Waals surface area contributed by atoms with Gasteiger partial charge in [0.2, 0.25) is 0 Å². The second kappa shape index (κ2) is 5.84. The van der Waals surface area contributed by atoms with Gasteiger partial charge in [-0.1, -0.05) is 19.1 Å². The van der Waals surface area contributed by atoms with E-state index >= 15 is 0 Å². The van der Waals surface area contributed by atoms with Gasteiger partial charge in [0.15, 0.2) is 5.75 Å². The number of ether oxygens (including phenoxy) is 1. The lowest BCUT2D eigenvalue weighted by atomic mass is 10.1. The van der Waals surface area contributed by atoms with Gasteiger partial charge in [0.1, 0.15) is 17.6 Å². The van der Waals surface area contributed by atoms with Crippen LogP contribution in [0.4, 0.5) is 4.39 Å². The minimum atomic E-state index is -0.885. The lowest BCUT2D eigenvalue weighted by Crippen LogP contribution is -2.11. The molecule has 1 N–H and O–H groups in total. The van der Waals surface area contributed by atoms with Crippen LogP contribution in [0.5, 0.6) is 5.75 Å². The Morgan fingerprint density at radius 1 is 1.37 bits per heavy atom. The molecule has 0 aliphatic rings. The predicted octanol–water partition coefficient (Wildman–Crippen LogP) is 2.52. The molecular weight excluding hydrogens is 247 g/mol. The van der Waals surface area contributed by atoms with Gasteiger partial charge in [0, 0.05) is 6.54 Å². The zero-order valence-corrected chi connectivity index (χ0v) is 11.0. The fourth-order valence-corrected chi connectivity index (χ4v) is 2.00. The van der Waals surface area contributed by atoms with Crippen LogP contribution in [0.1, 0.15) is 30.7 Å². The number of aromatic nitrogens is 2. The minimum absolute atomic E-state index is 0.329. The van der Waals surface area contributed by atoms with Crippen LogP contribution in [-0.4, -0.2) is 22.0 Å². The Hall–Kier alpha value is -1.88. The number of hydrogen-bond donors (Lipinski definition) is 1. The summed E-state index contributed by atoms with van der Waals surface area (Å²) in [5.41, 5.74) is 1.20. The van der Waals surface area contributed by atoms with Gasteiger partial charge in [-0.05, 0) is 24.1 Å². The molecule has 0 amide bonds. The Bertz CT molecular complexity index is 537. The number of hydrogen-bond acceptors (Lipinski definition) is 3. The van der Waals surface area contributed by atoms with Crippen molar-refractivity contribution in [2.45, 2.75) is 26.0 Å². The van der Waals surface area contributed by atoms with Crippen molar-refractivity contribution >= 4 is 0 Å². The Morgan fingerprint density at radius 2 is 2.05 bits per heavy atom. The van der Waals surface area contributed by atoms with Crippen LogP contribution >= 0.6 is 0 Å². The van der Waals surface area contributed by atoms with Crippen molar-refractivity contribution < 1.29 is 14.2 Å². The largest absolute Gasteiger partial charge is 0.493 e. The van der Waals surface area contributed by atoms with Crippen LogP contribution < -0.4 is 4.74 Å². The monoisotopic (exact) mass is 264 g/mol. The molecule has 0 radical (unpaired) electrons. The first-order valence-corrected chi connectivity index (χ1v) is 6.20. The van der Waals surface area contributed by atoms with E-state index in [1.165, 1.54) is 19.2 Å². The highest BCUT2D eigenvalue weighted by atomic mass is 19.1. The molecule has 1 aromatic heterocycles. The zero-order chi connectivity index (χ0) is 13.8. The maximum Gasteiger partial charge on any atom is 0.163 e. The summed E-state index contributed by atoms with van der Waals surface area (Å²) in [4.78, 5) is 0. The van der Waals surface area contributed by atoms with Gasteiger partial charge in [-0.3, -0.25) is 4.68 Å². The van der Waals surface area contributed by atoms with E-state index in [-0.39, 0.29) is 5.82 Å². The van der Waals surface area contributed by atoms with E-state index in [0.29, 0.717) is 23.6 Å². The molecule has 4 nitrogen and oxygen atoms in total. The summed E-state index contributed by atoms with van der Waals surface area (Å²) in [6, 6.07) is 5.77. The fourth-order valence-electron chi connectivity index (χ4n) is 2.00. The highest BCUT2D eigenvalue weighted by Gasteiger charge is 2.21. The maximum absolute atomic E-state index is 12.9. The first kappa shape index (κ1) is 13.5. The molecule has 1 unspecified atom stereocenters. The Morgan fingerprint density at radius 3 is 2.63 bits per heavy atom. The van der Waals surface area contributed by atoms with Gasteiger partial charge in [0.05, 0.1) is 13.3 Å². The third kappa shape index (κ3) is 2.76. The number of benzene rings is 1. The van der Waals surface area contributed by atoms with Gasteiger partial charge >= 0.3 is 0 Å². The van der Waals surface area contributed by atoms with E-state index in [0.717, 1.165) is 6.42 Å². The van der Waals surface area contributed by atoms with Crippen molar-refractivity contribution in [2.75, 3.05) is 7.11 Å². The summed E-state index contributed by atoms with van der Waals surface area (Å²) < 4.78 is 19.9. The fraction of sp³-hybridized carbons (Fsp3) is 0.357. The average molecular weight is 264 g/mol. The molecule has 2 rings (SSSR count). The summed E-state index contributed by atoms with van der Waals surface area (Å²) in [5, 5.41) is 14.6. The predicted molar refractivity (Wildman–Crippen MR) is 69.5 cm³/mol. The van der Waals surface area contributed by atoms with Crippen molar-refractivity contribution in [1.29, 1.82) is 0 Å². The molecule has 0 fully saturated rings. The molecule has 0 aliphatic carbocycles. The number of methoxy groups -OCH3 is 1. The van der Waals surface area contributed by atoms with Gasteiger partial charge in [-0.25, -0.2) is 4.39 Å².